The van der Waals surface area contributed by atoms with E-state index in [9.17, 15) is 5.11 Å². The predicted octanol–water partition coefficient (Wildman–Crippen LogP) is 2.13. The summed E-state index contributed by atoms with van der Waals surface area (Å²) in [7, 11) is 0. The quantitative estimate of drug-likeness (QED) is 0.720. The van der Waals surface area contributed by atoms with Crippen molar-refractivity contribution in [3.05, 3.63) is 29.0 Å². The number of rotatable bonds is 0. The van der Waals surface area contributed by atoms with E-state index in [0.29, 0.717) is 5.02 Å². The fourth-order valence-corrected chi connectivity index (χ4v) is 2.21. The Balaban J connectivity index is 2.40. The van der Waals surface area contributed by atoms with Crippen LogP contribution < -0.4 is 0 Å². The zero-order valence-electron chi connectivity index (χ0n) is 7.44. The Labute approximate surface area is 85.9 Å². The van der Waals surface area contributed by atoms with E-state index in [0.717, 1.165) is 29.8 Å². The van der Waals surface area contributed by atoms with Crippen molar-refractivity contribution in [3.8, 4) is 0 Å². The van der Waals surface area contributed by atoms with E-state index in [1.165, 1.54) is 0 Å². The Morgan fingerprint density at radius 2 is 2.36 bits per heavy atom. The normalized spacial score (nSPS) is 20.3. The number of benzene rings is 1. The van der Waals surface area contributed by atoms with Gasteiger partial charge >= 0.3 is 0 Å². The molecule has 1 atom stereocenters. The van der Waals surface area contributed by atoms with Gasteiger partial charge in [-0.2, -0.15) is 0 Å². The Bertz CT molecular complexity index is 506. The molecular weight excluding hydrogens is 200 g/mol. The minimum absolute atomic E-state index is 0.432. The molecule has 2 heterocycles. The molecule has 0 amide bonds. The number of hydrogen-bond acceptors (Lipinski definition) is 2. The van der Waals surface area contributed by atoms with Crippen molar-refractivity contribution in [2.45, 2.75) is 19.1 Å². The third-order valence-corrected chi connectivity index (χ3v) is 2.99. The van der Waals surface area contributed by atoms with Crippen LogP contribution in [0.4, 0.5) is 0 Å². The zero-order valence-corrected chi connectivity index (χ0v) is 8.20. The van der Waals surface area contributed by atoms with Gasteiger partial charge in [-0.1, -0.05) is 17.7 Å². The van der Waals surface area contributed by atoms with Crippen molar-refractivity contribution in [1.29, 1.82) is 0 Å². The fraction of sp³-hybridized carbons (Fsp3) is 0.300. The molecule has 1 aromatic heterocycles. The number of aromatic nitrogens is 2. The lowest BCUT2D eigenvalue weighted by molar-refractivity contribution is 0.176. The lowest BCUT2D eigenvalue weighted by Crippen LogP contribution is -1.93. The number of aliphatic hydroxyl groups excluding tert-OH is 1. The Morgan fingerprint density at radius 1 is 1.50 bits per heavy atom. The maximum absolute atomic E-state index is 9.65. The monoisotopic (exact) mass is 208 g/mol. The molecule has 14 heavy (non-hydrogen) atoms. The van der Waals surface area contributed by atoms with Crippen LogP contribution in [0.3, 0.4) is 0 Å². The molecule has 72 valence electrons. The van der Waals surface area contributed by atoms with E-state index < -0.39 is 6.10 Å². The second kappa shape index (κ2) is 2.72. The molecule has 4 heteroatoms. The van der Waals surface area contributed by atoms with E-state index in [-0.39, 0.29) is 0 Å². The van der Waals surface area contributed by atoms with Gasteiger partial charge in [-0.3, -0.25) is 0 Å². The Kier molecular flexibility index (Phi) is 1.60. The number of aliphatic hydroxyl groups is 1. The van der Waals surface area contributed by atoms with E-state index in [1.54, 1.807) is 0 Å². The molecule has 1 N–H and O–H groups in total. The molecular formula is C10H9ClN2O. The SMILES string of the molecule is OC1CCn2c1nc1c(Cl)cccc12. The van der Waals surface area contributed by atoms with Crippen LogP contribution in [0.1, 0.15) is 18.3 Å². The second-order valence-corrected chi connectivity index (χ2v) is 3.94. The summed E-state index contributed by atoms with van der Waals surface area (Å²) in [6.07, 6.45) is 0.323. The first-order valence-corrected chi connectivity index (χ1v) is 4.98. The maximum atomic E-state index is 9.65. The maximum Gasteiger partial charge on any atom is 0.138 e. The third kappa shape index (κ3) is 0.938. The molecule has 0 saturated heterocycles. The second-order valence-electron chi connectivity index (χ2n) is 3.53. The molecule has 2 aromatic rings. The van der Waals surface area contributed by atoms with E-state index in [1.807, 2.05) is 22.8 Å². The van der Waals surface area contributed by atoms with Crippen LogP contribution in [0.15, 0.2) is 18.2 Å². The van der Waals surface area contributed by atoms with Gasteiger partial charge in [-0.25, -0.2) is 4.98 Å². The van der Waals surface area contributed by atoms with Crippen LogP contribution in [-0.2, 0) is 6.54 Å². The average Bonchev–Trinajstić information content (AvgIpc) is 2.69. The fourth-order valence-electron chi connectivity index (χ4n) is 2.00. The van der Waals surface area contributed by atoms with Crippen LogP contribution in [0.5, 0.6) is 0 Å². The summed E-state index contributed by atoms with van der Waals surface area (Å²) in [6.45, 7) is 0.827. The molecule has 0 spiro atoms. The van der Waals surface area contributed by atoms with Crippen LogP contribution in [0.2, 0.25) is 5.02 Å². The van der Waals surface area contributed by atoms with Gasteiger partial charge in [0.2, 0.25) is 0 Å². The van der Waals surface area contributed by atoms with Gasteiger partial charge in [0.15, 0.2) is 0 Å². The molecule has 0 fully saturated rings. The van der Waals surface area contributed by atoms with Crippen LogP contribution >= 0.6 is 11.6 Å². The van der Waals surface area contributed by atoms with E-state index >= 15 is 0 Å². The predicted molar refractivity (Wildman–Crippen MR) is 54.3 cm³/mol. The lowest BCUT2D eigenvalue weighted by Gasteiger charge is -1.97. The van der Waals surface area contributed by atoms with E-state index in [4.69, 9.17) is 11.6 Å². The largest absolute Gasteiger partial charge is 0.385 e. The molecule has 0 radical (unpaired) electrons. The number of para-hydroxylation sites is 1. The lowest BCUT2D eigenvalue weighted by atomic mass is 10.3. The highest BCUT2D eigenvalue weighted by Gasteiger charge is 2.24. The summed E-state index contributed by atoms with van der Waals surface area (Å²) in [5, 5.41) is 10.3. The first-order valence-electron chi connectivity index (χ1n) is 4.60. The van der Waals surface area contributed by atoms with Crippen LogP contribution in [-0.4, -0.2) is 14.7 Å². The summed E-state index contributed by atoms with van der Waals surface area (Å²) in [5.41, 5.74) is 1.81. The van der Waals surface area contributed by atoms with Gasteiger partial charge in [0.05, 0.1) is 10.5 Å². The molecule has 0 aliphatic carbocycles. The molecule has 1 aromatic carbocycles. The minimum atomic E-state index is -0.432. The minimum Gasteiger partial charge on any atom is -0.385 e. The smallest absolute Gasteiger partial charge is 0.138 e. The van der Waals surface area contributed by atoms with Crippen molar-refractivity contribution in [1.82, 2.24) is 9.55 Å². The zero-order chi connectivity index (χ0) is 9.71. The average molecular weight is 209 g/mol. The van der Waals surface area contributed by atoms with Crippen molar-refractivity contribution < 1.29 is 5.11 Å². The number of halogens is 1. The van der Waals surface area contributed by atoms with Gasteiger partial charge in [0.1, 0.15) is 17.4 Å². The summed E-state index contributed by atoms with van der Waals surface area (Å²) in [6, 6.07) is 5.71. The summed E-state index contributed by atoms with van der Waals surface area (Å²) >= 11 is 6.01. The highest BCUT2D eigenvalue weighted by Crippen LogP contribution is 2.32. The standard InChI is InChI=1S/C10H9ClN2O/c11-6-2-1-3-7-9(6)12-10-8(14)4-5-13(7)10/h1-3,8,14H,4-5H2. The highest BCUT2D eigenvalue weighted by atomic mass is 35.5. The molecule has 0 bridgehead atoms. The van der Waals surface area contributed by atoms with Crippen LogP contribution in [0, 0.1) is 0 Å². The number of nitrogens with zero attached hydrogens (tertiary/aromatic N) is 2. The van der Waals surface area contributed by atoms with Gasteiger partial charge in [-0.05, 0) is 18.6 Å². The summed E-state index contributed by atoms with van der Waals surface area (Å²) in [4.78, 5) is 4.35. The summed E-state index contributed by atoms with van der Waals surface area (Å²) < 4.78 is 2.03. The first-order chi connectivity index (χ1) is 6.77. The van der Waals surface area contributed by atoms with Crippen LogP contribution in [0.25, 0.3) is 11.0 Å². The van der Waals surface area contributed by atoms with Crippen molar-refractivity contribution in [2.75, 3.05) is 0 Å². The third-order valence-electron chi connectivity index (χ3n) is 2.68. The number of fused-ring (bicyclic) bond motifs is 3. The molecule has 3 rings (SSSR count). The highest BCUT2D eigenvalue weighted by molar-refractivity contribution is 6.34. The molecule has 1 aliphatic rings. The molecule has 0 saturated carbocycles. The van der Waals surface area contributed by atoms with Crippen molar-refractivity contribution in [2.24, 2.45) is 0 Å². The summed E-state index contributed by atoms with van der Waals surface area (Å²) in [5.74, 6) is 0.744. The van der Waals surface area contributed by atoms with Gasteiger partial charge in [0.25, 0.3) is 0 Å². The van der Waals surface area contributed by atoms with Gasteiger partial charge in [-0.15, -0.1) is 0 Å². The molecule has 1 aliphatic heterocycles. The number of hydrogen-bond donors (Lipinski definition) is 1. The number of imidazole rings is 1. The van der Waals surface area contributed by atoms with E-state index in [2.05, 4.69) is 4.98 Å². The first kappa shape index (κ1) is 8.26. The Morgan fingerprint density at radius 3 is 3.21 bits per heavy atom. The van der Waals surface area contributed by atoms with Crippen molar-refractivity contribution in [3.63, 3.8) is 0 Å². The topological polar surface area (TPSA) is 38.0 Å². The number of aryl methyl sites for hydroxylation is 1. The Hall–Kier alpha value is -1.06. The molecule has 1 unspecified atom stereocenters. The van der Waals surface area contributed by atoms with Crippen molar-refractivity contribution >= 4 is 22.6 Å². The molecule has 3 nitrogen and oxygen atoms in total. The van der Waals surface area contributed by atoms with Gasteiger partial charge in [0, 0.05) is 6.54 Å². The van der Waals surface area contributed by atoms with Gasteiger partial charge < -0.3 is 9.67 Å².